The van der Waals surface area contributed by atoms with Gasteiger partial charge in [-0.15, -0.1) is 0 Å². The predicted octanol–water partition coefficient (Wildman–Crippen LogP) is 3.45. The Morgan fingerprint density at radius 3 is 2.34 bits per heavy atom. The van der Waals surface area contributed by atoms with Crippen molar-refractivity contribution in [2.75, 3.05) is 34.4 Å². The van der Waals surface area contributed by atoms with E-state index in [0.717, 1.165) is 13.0 Å². The third kappa shape index (κ3) is 4.32. The lowest BCUT2D eigenvalue weighted by atomic mass is 9.91. The van der Waals surface area contributed by atoms with E-state index in [9.17, 15) is 4.79 Å². The molecule has 6 heteroatoms. The molecule has 0 bridgehead atoms. The number of methoxy groups -OCH3 is 3. The molecule has 2 aromatic carbocycles. The standard InChI is InChI=1S/C23H30N2O4/c1-15(2)25-11-10-16-8-6-7-9-18(16)19(25)14-24-23(26)17-12-20(27-3)22(29-5)21(13-17)28-4/h6-9,12-13,15,19H,10-11,14H2,1-5H3,(H,24,26). The van der Waals surface area contributed by atoms with Gasteiger partial charge in [0, 0.05) is 24.7 Å². The minimum atomic E-state index is -0.170. The summed E-state index contributed by atoms with van der Waals surface area (Å²) in [7, 11) is 4.62. The quantitative estimate of drug-likeness (QED) is 0.774. The number of fused-ring (bicyclic) bond motifs is 1. The topological polar surface area (TPSA) is 60.0 Å². The largest absolute Gasteiger partial charge is 0.493 e. The maximum atomic E-state index is 12.9. The fraction of sp³-hybridized carbons (Fsp3) is 0.435. The van der Waals surface area contributed by atoms with Crippen molar-refractivity contribution in [1.82, 2.24) is 10.2 Å². The molecule has 156 valence electrons. The second-order valence-electron chi connectivity index (χ2n) is 7.42. The van der Waals surface area contributed by atoms with E-state index in [1.54, 1.807) is 33.5 Å². The minimum Gasteiger partial charge on any atom is -0.493 e. The molecule has 2 aromatic rings. The maximum absolute atomic E-state index is 12.9. The Morgan fingerprint density at radius 2 is 1.76 bits per heavy atom. The molecule has 0 saturated carbocycles. The molecule has 29 heavy (non-hydrogen) atoms. The lowest BCUT2D eigenvalue weighted by Gasteiger charge is -2.40. The molecule has 0 radical (unpaired) electrons. The van der Waals surface area contributed by atoms with Gasteiger partial charge in [0.15, 0.2) is 11.5 Å². The zero-order valence-corrected chi connectivity index (χ0v) is 17.8. The van der Waals surface area contributed by atoms with Gasteiger partial charge in [-0.2, -0.15) is 0 Å². The van der Waals surface area contributed by atoms with Crippen molar-refractivity contribution in [3.8, 4) is 17.2 Å². The summed E-state index contributed by atoms with van der Waals surface area (Å²) < 4.78 is 16.1. The average molecular weight is 399 g/mol. The van der Waals surface area contributed by atoms with E-state index >= 15 is 0 Å². The lowest BCUT2D eigenvalue weighted by Crippen LogP contribution is -2.45. The number of carbonyl (C=O) groups is 1. The van der Waals surface area contributed by atoms with E-state index in [2.05, 4.69) is 48.3 Å². The fourth-order valence-electron chi connectivity index (χ4n) is 4.02. The SMILES string of the molecule is COc1cc(C(=O)NCC2c3ccccc3CCN2C(C)C)cc(OC)c1OC. The Bertz CT molecular complexity index is 841. The number of benzene rings is 2. The van der Waals surface area contributed by atoms with Gasteiger partial charge in [-0.05, 0) is 43.5 Å². The number of rotatable bonds is 7. The van der Waals surface area contributed by atoms with E-state index in [-0.39, 0.29) is 11.9 Å². The Morgan fingerprint density at radius 1 is 1.10 bits per heavy atom. The third-order valence-corrected chi connectivity index (χ3v) is 5.50. The summed E-state index contributed by atoms with van der Waals surface area (Å²) in [6.45, 7) is 5.91. The highest BCUT2D eigenvalue weighted by atomic mass is 16.5. The smallest absolute Gasteiger partial charge is 0.251 e. The van der Waals surface area contributed by atoms with Gasteiger partial charge in [0.25, 0.3) is 5.91 Å². The van der Waals surface area contributed by atoms with Gasteiger partial charge >= 0.3 is 0 Å². The van der Waals surface area contributed by atoms with E-state index in [4.69, 9.17) is 14.2 Å². The van der Waals surface area contributed by atoms with Gasteiger partial charge in [0.1, 0.15) is 0 Å². The van der Waals surface area contributed by atoms with Gasteiger partial charge < -0.3 is 19.5 Å². The fourth-order valence-corrected chi connectivity index (χ4v) is 4.02. The monoisotopic (exact) mass is 398 g/mol. The molecule has 1 atom stereocenters. The summed E-state index contributed by atoms with van der Waals surface area (Å²) in [6, 6.07) is 12.4. The summed E-state index contributed by atoms with van der Waals surface area (Å²) in [6.07, 6.45) is 1.03. The number of amides is 1. The third-order valence-electron chi connectivity index (χ3n) is 5.50. The highest BCUT2D eigenvalue weighted by Crippen LogP contribution is 2.38. The van der Waals surface area contributed by atoms with E-state index in [1.807, 2.05) is 0 Å². The van der Waals surface area contributed by atoms with Gasteiger partial charge in [0.2, 0.25) is 5.75 Å². The van der Waals surface area contributed by atoms with Crippen molar-refractivity contribution in [3.05, 3.63) is 53.1 Å². The average Bonchev–Trinajstić information content (AvgIpc) is 2.75. The zero-order chi connectivity index (χ0) is 21.0. The summed E-state index contributed by atoms with van der Waals surface area (Å²) >= 11 is 0. The van der Waals surface area contributed by atoms with E-state index < -0.39 is 0 Å². The van der Waals surface area contributed by atoms with Gasteiger partial charge in [-0.3, -0.25) is 9.69 Å². The molecule has 6 nitrogen and oxygen atoms in total. The summed E-state index contributed by atoms with van der Waals surface area (Å²) in [5, 5.41) is 3.10. The minimum absolute atomic E-state index is 0.144. The van der Waals surface area contributed by atoms with Crippen molar-refractivity contribution >= 4 is 5.91 Å². The van der Waals surface area contributed by atoms with Crippen LogP contribution in [0.2, 0.25) is 0 Å². The number of ether oxygens (including phenoxy) is 3. The van der Waals surface area contributed by atoms with Crippen LogP contribution >= 0.6 is 0 Å². The summed E-state index contributed by atoms with van der Waals surface area (Å²) in [5.41, 5.74) is 3.12. The highest BCUT2D eigenvalue weighted by molar-refractivity contribution is 5.95. The Balaban J connectivity index is 1.82. The first kappa shape index (κ1) is 21.0. The van der Waals surface area contributed by atoms with Crippen molar-refractivity contribution in [2.24, 2.45) is 0 Å². The predicted molar refractivity (Wildman–Crippen MR) is 113 cm³/mol. The molecule has 1 unspecified atom stereocenters. The van der Waals surface area contributed by atoms with Crippen LogP contribution in [0.1, 0.15) is 41.4 Å². The Kier molecular flexibility index (Phi) is 6.64. The first-order chi connectivity index (χ1) is 14.0. The molecule has 0 aromatic heterocycles. The molecule has 0 spiro atoms. The normalized spacial score (nSPS) is 16.3. The molecular weight excluding hydrogens is 368 g/mol. The van der Waals surface area contributed by atoms with Gasteiger partial charge in [-0.1, -0.05) is 24.3 Å². The van der Waals surface area contributed by atoms with Crippen LogP contribution in [0.4, 0.5) is 0 Å². The molecule has 1 aliphatic rings. The van der Waals surface area contributed by atoms with Crippen LogP contribution in [0.15, 0.2) is 36.4 Å². The molecule has 1 heterocycles. The number of carbonyl (C=O) groups excluding carboxylic acids is 1. The van der Waals surface area contributed by atoms with Crippen LogP contribution in [0.5, 0.6) is 17.2 Å². The molecular formula is C23H30N2O4. The van der Waals surface area contributed by atoms with Crippen molar-refractivity contribution in [2.45, 2.75) is 32.4 Å². The first-order valence-corrected chi connectivity index (χ1v) is 9.91. The molecule has 3 rings (SSSR count). The second-order valence-corrected chi connectivity index (χ2v) is 7.42. The van der Waals surface area contributed by atoms with Crippen LogP contribution in [-0.4, -0.2) is 51.3 Å². The van der Waals surface area contributed by atoms with Gasteiger partial charge in [-0.25, -0.2) is 0 Å². The number of nitrogens with zero attached hydrogens (tertiary/aromatic N) is 1. The molecule has 0 aliphatic carbocycles. The zero-order valence-electron chi connectivity index (χ0n) is 17.8. The number of hydrogen-bond acceptors (Lipinski definition) is 5. The molecule has 0 saturated heterocycles. The van der Waals surface area contributed by atoms with Crippen molar-refractivity contribution in [3.63, 3.8) is 0 Å². The summed E-state index contributed by atoms with van der Waals surface area (Å²) in [4.78, 5) is 15.4. The molecule has 0 fully saturated rings. The van der Waals surface area contributed by atoms with E-state index in [1.165, 1.54) is 11.1 Å². The highest BCUT2D eigenvalue weighted by Gasteiger charge is 2.29. The maximum Gasteiger partial charge on any atom is 0.251 e. The van der Waals surface area contributed by atoms with Crippen molar-refractivity contribution in [1.29, 1.82) is 0 Å². The Labute approximate surface area is 172 Å². The first-order valence-electron chi connectivity index (χ1n) is 9.91. The van der Waals surface area contributed by atoms with E-state index in [0.29, 0.717) is 35.4 Å². The van der Waals surface area contributed by atoms with Crippen LogP contribution in [-0.2, 0) is 6.42 Å². The van der Waals surface area contributed by atoms with Crippen LogP contribution in [0, 0.1) is 0 Å². The summed E-state index contributed by atoms with van der Waals surface area (Å²) in [5.74, 6) is 1.22. The molecule has 1 N–H and O–H groups in total. The van der Waals surface area contributed by atoms with Crippen molar-refractivity contribution < 1.29 is 19.0 Å². The molecule has 1 aliphatic heterocycles. The van der Waals surface area contributed by atoms with Crippen LogP contribution in [0.25, 0.3) is 0 Å². The van der Waals surface area contributed by atoms with Crippen LogP contribution in [0.3, 0.4) is 0 Å². The number of hydrogen-bond donors (Lipinski definition) is 1. The number of nitrogens with one attached hydrogen (secondary N) is 1. The van der Waals surface area contributed by atoms with Gasteiger partial charge in [0.05, 0.1) is 27.4 Å². The molecule has 1 amide bonds. The lowest BCUT2D eigenvalue weighted by molar-refractivity contribution is 0.0909. The Hall–Kier alpha value is -2.73. The second kappa shape index (κ2) is 9.18. The van der Waals surface area contributed by atoms with Crippen LogP contribution < -0.4 is 19.5 Å².